The van der Waals surface area contributed by atoms with Crippen LogP contribution in [0, 0.1) is 0 Å². The van der Waals surface area contributed by atoms with Crippen LogP contribution in [0.5, 0.6) is 0 Å². The molecule has 0 aromatic heterocycles. The van der Waals surface area contributed by atoms with Gasteiger partial charge in [0, 0.05) is 19.3 Å². The smallest absolute Gasteiger partial charge is 0.306 e. The third-order valence-electron chi connectivity index (χ3n) is 12.8. The van der Waals surface area contributed by atoms with Gasteiger partial charge in [-0.1, -0.05) is 270 Å². The van der Waals surface area contributed by atoms with Crippen LogP contribution in [0.3, 0.4) is 0 Å². The van der Waals surface area contributed by atoms with E-state index in [0.717, 1.165) is 70.6 Å². The summed E-state index contributed by atoms with van der Waals surface area (Å²) < 4.78 is 16.8. The largest absolute Gasteiger partial charge is 0.462 e. The molecule has 0 rings (SSSR count). The second kappa shape index (κ2) is 52.8. The van der Waals surface area contributed by atoms with Crippen LogP contribution in [-0.4, -0.2) is 37.2 Å². The highest BCUT2D eigenvalue weighted by atomic mass is 16.6. The molecule has 0 radical (unpaired) electrons. The minimum absolute atomic E-state index is 0.0669. The summed E-state index contributed by atoms with van der Waals surface area (Å²) in [6, 6.07) is 0. The number of rotatable bonds is 52. The molecule has 0 aliphatic heterocycles. The van der Waals surface area contributed by atoms with Crippen LogP contribution in [0.2, 0.25) is 0 Å². The van der Waals surface area contributed by atoms with Crippen molar-refractivity contribution < 1.29 is 28.6 Å². The topological polar surface area (TPSA) is 78.9 Å². The Bertz CT molecular complexity index is 978. The van der Waals surface area contributed by atoms with Gasteiger partial charge in [-0.05, 0) is 38.5 Å². The fourth-order valence-corrected chi connectivity index (χ4v) is 8.51. The summed E-state index contributed by atoms with van der Waals surface area (Å²) in [4.78, 5) is 38.0. The molecule has 1 atom stereocenters. The van der Waals surface area contributed by atoms with E-state index >= 15 is 0 Å². The zero-order chi connectivity index (χ0) is 45.8. The van der Waals surface area contributed by atoms with Crippen LogP contribution < -0.4 is 0 Å². The van der Waals surface area contributed by atoms with Crippen LogP contribution >= 0.6 is 0 Å². The minimum atomic E-state index is -0.766. The predicted molar refractivity (Wildman–Crippen MR) is 270 cm³/mol. The van der Waals surface area contributed by atoms with Crippen molar-refractivity contribution in [3.8, 4) is 0 Å². The molecule has 1 unspecified atom stereocenters. The molecule has 0 bridgehead atoms. The third-order valence-corrected chi connectivity index (χ3v) is 12.8. The van der Waals surface area contributed by atoms with Crippen molar-refractivity contribution in [3.63, 3.8) is 0 Å². The lowest BCUT2D eigenvalue weighted by Crippen LogP contribution is -2.30. The average molecular weight is 889 g/mol. The van der Waals surface area contributed by atoms with Crippen LogP contribution in [0.15, 0.2) is 12.2 Å². The summed E-state index contributed by atoms with van der Waals surface area (Å²) in [5.41, 5.74) is 0. The highest BCUT2D eigenvalue weighted by Crippen LogP contribution is 2.17. The highest BCUT2D eigenvalue weighted by molar-refractivity contribution is 5.71. The van der Waals surface area contributed by atoms with Gasteiger partial charge in [-0.25, -0.2) is 0 Å². The summed E-state index contributed by atoms with van der Waals surface area (Å²) in [6.07, 6.45) is 59.3. The molecule has 63 heavy (non-hydrogen) atoms. The molecule has 372 valence electrons. The fraction of sp³-hybridized carbons (Fsp3) is 0.912. The van der Waals surface area contributed by atoms with Gasteiger partial charge in [0.2, 0.25) is 0 Å². The summed E-state index contributed by atoms with van der Waals surface area (Å²) >= 11 is 0. The molecule has 0 N–H and O–H groups in total. The Morgan fingerprint density at radius 2 is 0.556 bits per heavy atom. The normalized spacial score (nSPS) is 12.0. The summed E-state index contributed by atoms with van der Waals surface area (Å²) in [7, 11) is 0. The lowest BCUT2D eigenvalue weighted by Gasteiger charge is -2.18. The van der Waals surface area contributed by atoms with Crippen molar-refractivity contribution in [2.24, 2.45) is 0 Å². The maximum absolute atomic E-state index is 12.8. The lowest BCUT2D eigenvalue weighted by molar-refractivity contribution is -0.167. The molecule has 0 aromatic carbocycles. The second-order valence-corrected chi connectivity index (χ2v) is 19.2. The monoisotopic (exact) mass is 889 g/mol. The highest BCUT2D eigenvalue weighted by Gasteiger charge is 2.19. The maximum Gasteiger partial charge on any atom is 0.306 e. The van der Waals surface area contributed by atoms with Crippen molar-refractivity contribution >= 4 is 17.9 Å². The molecule has 0 aliphatic carbocycles. The number of unbranched alkanes of at least 4 members (excludes halogenated alkanes) is 39. The summed E-state index contributed by atoms with van der Waals surface area (Å²) in [5, 5.41) is 0. The van der Waals surface area contributed by atoms with E-state index in [2.05, 4.69) is 32.9 Å². The quantitative estimate of drug-likeness (QED) is 0.0262. The zero-order valence-electron chi connectivity index (χ0n) is 42.6. The number of carbonyl (C=O) groups is 3. The molecule has 0 heterocycles. The standard InChI is InChI=1S/C57H108O6/c1-4-7-10-13-16-19-22-24-26-27-28-29-30-31-32-34-35-38-41-44-47-50-56(59)62-53-54(52-61-55(58)49-46-43-40-37-21-18-15-12-9-6-3)63-57(60)51-48-45-42-39-36-33-25-23-20-17-14-11-8-5-2/h12,15,54H,4-11,13-14,16-53H2,1-3H3/b15-12-. The molecule has 0 saturated heterocycles. The molecule has 0 spiro atoms. The Labute approximate surface area is 392 Å². The van der Waals surface area contributed by atoms with E-state index in [4.69, 9.17) is 14.2 Å². The van der Waals surface area contributed by atoms with E-state index in [9.17, 15) is 14.4 Å². The van der Waals surface area contributed by atoms with E-state index in [0.29, 0.717) is 19.3 Å². The Kier molecular flexibility index (Phi) is 51.2. The maximum atomic E-state index is 12.8. The lowest BCUT2D eigenvalue weighted by atomic mass is 10.0. The summed E-state index contributed by atoms with van der Waals surface area (Å²) in [6.45, 7) is 6.62. The summed E-state index contributed by atoms with van der Waals surface area (Å²) in [5.74, 6) is -0.857. The molecule has 6 nitrogen and oxygen atoms in total. The van der Waals surface area contributed by atoms with E-state index < -0.39 is 6.10 Å². The van der Waals surface area contributed by atoms with Gasteiger partial charge < -0.3 is 14.2 Å². The van der Waals surface area contributed by atoms with Gasteiger partial charge in [-0.2, -0.15) is 0 Å². The van der Waals surface area contributed by atoms with Crippen molar-refractivity contribution in [3.05, 3.63) is 12.2 Å². The predicted octanol–water partition coefficient (Wildman–Crippen LogP) is 18.5. The molecule has 0 saturated carbocycles. The first-order valence-electron chi connectivity index (χ1n) is 28.2. The number of hydrogen-bond acceptors (Lipinski definition) is 6. The first-order valence-corrected chi connectivity index (χ1v) is 28.2. The minimum Gasteiger partial charge on any atom is -0.462 e. The van der Waals surface area contributed by atoms with Crippen LogP contribution in [0.25, 0.3) is 0 Å². The van der Waals surface area contributed by atoms with E-state index in [1.807, 2.05) is 0 Å². The number of esters is 3. The molecule has 0 fully saturated rings. The van der Waals surface area contributed by atoms with E-state index in [1.54, 1.807) is 0 Å². The molecule has 6 heteroatoms. The van der Waals surface area contributed by atoms with Crippen molar-refractivity contribution in [2.45, 2.75) is 322 Å². The fourth-order valence-electron chi connectivity index (χ4n) is 8.51. The average Bonchev–Trinajstić information content (AvgIpc) is 3.28. The van der Waals surface area contributed by atoms with Gasteiger partial charge in [0.15, 0.2) is 6.10 Å². The first kappa shape index (κ1) is 61.1. The number of ether oxygens (including phenoxy) is 3. The zero-order valence-corrected chi connectivity index (χ0v) is 42.6. The Morgan fingerprint density at radius 3 is 0.857 bits per heavy atom. The van der Waals surface area contributed by atoms with Crippen LogP contribution in [0.4, 0.5) is 0 Å². The van der Waals surface area contributed by atoms with E-state index in [1.165, 1.54) is 205 Å². The van der Waals surface area contributed by atoms with Crippen molar-refractivity contribution in [1.29, 1.82) is 0 Å². The van der Waals surface area contributed by atoms with Crippen LogP contribution in [-0.2, 0) is 28.6 Å². The molecular formula is C57H108O6. The molecular weight excluding hydrogens is 781 g/mol. The van der Waals surface area contributed by atoms with Crippen molar-refractivity contribution in [1.82, 2.24) is 0 Å². The van der Waals surface area contributed by atoms with Crippen molar-refractivity contribution in [2.75, 3.05) is 13.2 Å². The molecule has 0 aliphatic rings. The van der Waals surface area contributed by atoms with Gasteiger partial charge >= 0.3 is 17.9 Å². The van der Waals surface area contributed by atoms with Gasteiger partial charge in [-0.3, -0.25) is 14.4 Å². The van der Waals surface area contributed by atoms with Gasteiger partial charge in [0.05, 0.1) is 0 Å². The number of allylic oxidation sites excluding steroid dienone is 2. The van der Waals surface area contributed by atoms with Gasteiger partial charge in [0.1, 0.15) is 13.2 Å². The molecule has 0 aromatic rings. The number of hydrogen-bond donors (Lipinski definition) is 0. The second-order valence-electron chi connectivity index (χ2n) is 19.2. The third kappa shape index (κ3) is 51.0. The van der Waals surface area contributed by atoms with E-state index in [-0.39, 0.29) is 31.1 Å². The van der Waals surface area contributed by atoms with Crippen LogP contribution in [0.1, 0.15) is 316 Å². The Morgan fingerprint density at radius 1 is 0.302 bits per heavy atom. The molecule has 0 amide bonds. The SMILES string of the molecule is CCC/C=C\CCCCCCCC(=O)OCC(COC(=O)CCCCCCCCCCCCCCCCCCCCCCC)OC(=O)CCCCCCCCCCCCCCCC. The Hall–Kier alpha value is -1.85. The first-order chi connectivity index (χ1) is 31.0. The van der Waals surface area contributed by atoms with Gasteiger partial charge in [0.25, 0.3) is 0 Å². The Balaban J connectivity index is 4.20. The van der Waals surface area contributed by atoms with Gasteiger partial charge in [-0.15, -0.1) is 0 Å². The number of carbonyl (C=O) groups excluding carboxylic acids is 3.